The number of ether oxygens (including phenoxy) is 1. The van der Waals surface area contributed by atoms with Crippen molar-refractivity contribution in [2.75, 3.05) is 43.5 Å². The zero-order valence-corrected chi connectivity index (χ0v) is 16.2. The minimum Gasteiger partial charge on any atom is -0.495 e. The Morgan fingerprint density at radius 1 is 1.15 bits per heavy atom. The minimum absolute atomic E-state index is 0.106. The first kappa shape index (κ1) is 19.5. The number of carbonyl (C=O) groups excluding carboxylic acids is 1. The number of methoxy groups -OCH3 is 1. The second kappa shape index (κ2) is 8.59. The molecule has 1 heterocycles. The van der Waals surface area contributed by atoms with Gasteiger partial charge in [0.05, 0.1) is 18.8 Å². The molecule has 0 unspecified atom stereocenters. The summed E-state index contributed by atoms with van der Waals surface area (Å²) < 4.78 is 18.4. The van der Waals surface area contributed by atoms with E-state index in [1.54, 1.807) is 37.4 Å². The number of piperazine rings is 1. The summed E-state index contributed by atoms with van der Waals surface area (Å²) in [5.41, 5.74) is 1.56. The molecule has 0 saturated carbocycles. The molecule has 1 aliphatic rings. The zero-order chi connectivity index (χ0) is 19.4. The number of nitrogens with zero attached hydrogens (tertiary/aromatic N) is 2. The van der Waals surface area contributed by atoms with Crippen molar-refractivity contribution < 1.29 is 13.9 Å². The third kappa shape index (κ3) is 4.70. The second-order valence-electron chi connectivity index (χ2n) is 6.51. The van der Waals surface area contributed by atoms with Crippen LogP contribution < -0.4 is 15.0 Å². The molecule has 1 fully saturated rings. The molecule has 0 spiro atoms. The molecule has 2 aromatic rings. The highest BCUT2D eigenvalue weighted by Crippen LogP contribution is 2.28. The summed E-state index contributed by atoms with van der Waals surface area (Å²) in [6.07, 6.45) is 0. The number of hydrogen-bond donors (Lipinski definition) is 1. The molecule has 1 aliphatic heterocycles. The second-order valence-corrected chi connectivity index (χ2v) is 6.95. The highest BCUT2D eigenvalue weighted by molar-refractivity contribution is 6.31. The summed E-state index contributed by atoms with van der Waals surface area (Å²) in [7, 11) is 1.55. The van der Waals surface area contributed by atoms with Gasteiger partial charge in [0, 0.05) is 36.9 Å². The number of anilines is 2. The molecule has 1 amide bonds. The van der Waals surface area contributed by atoms with Gasteiger partial charge in [-0.15, -0.1) is 0 Å². The number of rotatable bonds is 5. The lowest BCUT2D eigenvalue weighted by Gasteiger charge is -2.38. The first-order valence-corrected chi connectivity index (χ1v) is 9.24. The van der Waals surface area contributed by atoms with Gasteiger partial charge in [0.25, 0.3) is 0 Å². The first-order valence-electron chi connectivity index (χ1n) is 8.87. The number of carbonyl (C=O) groups is 1. The molecule has 27 heavy (non-hydrogen) atoms. The van der Waals surface area contributed by atoms with Crippen molar-refractivity contribution in [1.29, 1.82) is 0 Å². The van der Waals surface area contributed by atoms with Crippen LogP contribution in [0, 0.1) is 5.82 Å². The van der Waals surface area contributed by atoms with Gasteiger partial charge in [0.2, 0.25) is 5.91 Å². The predicted octanol–water partition coefficient (Wildman–Crippen LogP) is 3.64. The molecule has 2 aromatic carbocycles. The van der Waals surface area contributed by atoms with Crippen LogP contribution in [0.3, 0.4) is 0 Å². The van der Waals surface area contributed by atoms with E-state index in [1.165, 1.54) is 12.1 Å². The maximum Gasteiger partial charge on any atom is 0.241 e. The summed E-state index contributed by atoms with van der Waals surface area (Å²) in [4.78, 5) is 17.0. The fourth-order valence-corrected chi connectivity index (χ4v) is 3.37. The standard InChI is InChI=1S/C20H23ClFN3O2/c1-14(20(26)23-18-13-15(21)3-8-19(18)27-2)24-9-11-25(12-10-24)17-6-4-16(22)5-7-17/h3-8,13-14H,9-12H2,1-2H3,(H,23,26)/t14-/m1/s1. The lowest BCUT2D eigenvalue weighted by molar-refractivity contribution is -0.120. The Balaban J connectivity index is 1.58. The number of benzene rings is 2. The van der Waals surface area contributed by atoms with Gasteiger partial charge in [0.1, 0.15) is 11.6 Å². The van der Waals surface area contributed by atoms with Crippen molar-refractivity contribution >= 4 is 28.9 Å². The molecule has 0 aliphatic carbocycles. The van der Waals surface area contributed by atoms with E-state index in [0.717, 1.165) is 31.9 Å². The largest absolute Gasteiger partial charge is 0.495 e. The van der Waals surface area contributed by atoms with Gasteiger partial charge in [-0.05, 0) is 49.4 Å². The average molecular weight is 392 g/mol. The van der Waals surface area contributed by atoms with Crippen LogP contribution in [0.4, 0.5) is 15.8 Å². The fourth-order valence-electron chi connectivity index (χ4n) is 3.20. The van der Waals surface area contributed by atoms with Crippen LogP contribution >= 0.6 is 11.6 Å². The van der Waals surface area contributed by atoms with Gasteiger partial charge in [-0.25, -0.2) is 4.39 Å². The zero-order valence-electron chi connectivity index (χ0n) is 15.4. The summed E-state index contributed by atoms with van der Waals surface area (Å²) in [6.45, 7) is 4.95. The Morgan fingerprint density at radius 3 is 2.44 bits per heavy atom. The van der Waals surface area contributed by atoms with Crippen molar-refractivity contribution in [2.45, 2.75) is 13.0 Å². The predicted molar refractivity (Wildman–Crippen MR) is 106 cm³/mol. The molecule has 0 bridgehead atoms. The number of hydrogen-bond acceptors (Lipinski definition) is 4. The van der Waals surface area contributed by atoms with E-state index in [9.17, 15) is 9.18 Å². The SMILES string of the molecule is COc1ccc(Cl)cc1NC(=O)[C@@H](C)N1CCN(c2ccc(F)cc2)CC1. The maximum atomic E-state index is 13.1. The highest BCUT2D eigenvalue weighted by Gasteiger charge is 2.26. The van der Waals surface area contributed by atoms with E-state index in [0.29, 0.717) is 16.5 Å². The Kier molecular flexibility index (Phi) is 6.19. The smallest absolute Gasteiger partial charge is 0.241 e. The molecular formula is C20H23ClFN3O2. The molecule has 7 heteroatoms. The monoisotopic (exact) mass is 391 g/mol. The highest BCUT2D eigenvalue weighted by atomic mass is 35.5. The van der Waals surface area contributed by atoms with Gasteiger partial charge in [-0.2, -0.15) is 0 Å². The lowest BCUT2D eigenvalue weighted by Crippen LogP contribution is -2.52. The number of nitrogens with one attached hydrogen (secondary N) is 1. The van der Waals surface area contributed by atoms with Crippen LogP contribution in [0.5, 0.6) is 5.75 Å². The molecule has 1 saturated heterocycles. The van der Waals surface area contributed by atoms with Crippen LogP contribution in [0.2, 0.25) is 5.02 Å². The minimum atomic E-state index is -0.288. The Bertz CT molecular complexity index is 792. The molecule has 1 N–H and O–H groups in total. The van der Waals surface area contributed by atoms with Crippen LogP contribution in [0.25, 0.3) is 0 Å². The van der Waals surface area contributed by atoms with Crippen LogP contribution in [0.15, 0.2) is 42.5 Å². The molecule has 5 nitrogen and oxygen atoms in total. The maximum absolute atomic E-state index is 13.1. The van der Waals surface area contributed by atoms with Crippen molar-refractivity contribution in [3.05, 3.63) is 53.3 Å². The van der Waals surface area contributed by atoms with Crippen molar-refractivity contribution in [3.8, 4) is 5.75 Å². The number of halogens is 2. The van der Waals surface area contributed by atoms with Gasteiger partial charge in [-0.1, -0.05) is 11.6 Å². The van der Waals surface area contributed by atoms with Gasteiger partial charge >= 0.3 is 0 Å². The molecular weight excluding hydrogens is 369 g/mol. The molecule has 0 aromatic heterocycles. The third-order valence-electron chi connectivity index (χ3n) is 4.85. The van der Waals surface area contributed by atoms with Crippen LogP contribution in [-0.2, 0) is 4.79 Å². The third-order valence-corrected chi connectivity index (χ3v) is 5.09. The van der Waals surface area contributed by atoms with Crippen molar-refractivity contribution in [3.63, 3.8) is 0 Å². The Hall–Kier alpha value is -2.31. The molecule has 1 atom stereocenters. The van der Waals surface area contributed by atoms with E-state index >= 15 is 0 Å². The Morgan fingerprint density at radius 2 is 1.81 bits per heavy atom. The summed E-state index contributed by atoms with van der Waals surface area (Å²) in [6, 6.07) is 11.3. The average Bonchev–Trinajstić information content (AvgIpc) is 2.68. The summed E-state index contributed by atoms with van der Waals surface area (Å²) in [5, 5.41) is 3.44. The first-order chi connectivity index (χ1) is 13.0. The van der Waals surface area contributed by atoms with Gasteiger partial charge in [-0.3, -0.25) is 9.69 Å². The molecule has 144 valence electrons. The topological polar surface area (TPSA) is 44.8 Å². The quantitative estimate of drug-likeness (QED) is 0.845. The fraction of sp³-hybridized carbons (Fsp3) is 0.350. The van der Waals surface area contributed by atoms with Gasteiger partial charge < -0.3 is 15.0 Å². The van der Waals surface area contributed by atoms with Crippen molar-refractivity contribution in [1.82, 2.24) is 4.90 Å². The lowest BCUT2D eigenvalue weighted by atomic mass is 10.2. The Labute approximate surface area is 163 Å². The summed E-state index contributed by atoms with van der Waals surface area (Å²) in [5.74, 6) is 0.228. The number of amides is 1. The van der Waals surface area contributed by atoms with E-state index in [-0.39, 0.29) is 17.8 Å². The van der Waals surface area contributed by atoms with Crippen molar-refractivity contribution in [2.24, 2.45) is 0 Å². The summed E-state index contributed by atoms with van der Waals surface area (Å²) >= 11 is 6.02. The van der Waals surface area contributed by atoms with E-state index in [2.05, 4.69) is 15.1 Å². The van der Waals surface area contributed by atoms with E-state index in [1.807, 2.05) is 6.92 Å². The van der Waals surface area contributed by atoms with E-state index < -0.39 is 0 Å². The van der Waals surface area contributed by atoms with Crippen LogP contribution in [-0.4, -0.2) is 50.1 Å². The van der Waals surface area contributed by atoms with E-state index in [4.69, 9.17) is 16.3 Å². The molecule has 0 radical (unpaired) electrons. The molecule has 3 rings (SSSR count). The van der Waals surface area contributed by atoms with Gasteiger partial charge in [0.15, 0.2) is 0 Å². The normalized spacial score (nSPS) is 16.1. The van der Waals surface area contributed by atoms with Crippen LogP contribution in [0.1, 0.15) is 6.92 Å².